The average Bonchev–Trinajstić information content (AvgIpc) is 3.50. The second-order valence-corrected chi connectivity index (χ2v) is 19.0. The van der Waals surface area contributed by atoms with Crippen LogP contribution in [0.5, 0.6) is 0 Å². The summed E-state index contributed by atoms with van der Waals surface area (Å²) in [5.74, 6) is -0.367. The third kappa shape index (κ3) is 7.18. The highest BCUT2D eigenvalue weighted by atomic mass is 28.4. The van der Waals surface area contributed by atoms with Gasteiger partial charge in [0.2, 0.25) is 0 Å². The predicted octanol–water partition coefficient (Wildman–Crippen LogP) is 7.39. The maximum absolute atomic E-state index is 11.1. The van der Waals surface area contributed by atoms with E-state index >= 15 is 0 Å². The summed E-state index contributed by atoms with van der Waals surface area (Å²) in [6, 6.07) is 3.21. The van der Waals surface area contributed by atoms with Crippen LogP contribution in [0.15, 0.2) is 37.0 Å². The third-order valence-corrected chi connectivity index (χ3v) is 16.2. The Morgan fingerprint density at radius 3 is 2.34 bits per heavy atom. The largest absolute Gasteiger partial charge is 0.409 e. The van der Waals surface area contributed by atoms with Gasteiger partial charge in [0.25, 0.3) is 0 Å². The Hall–Kier alpha value is -0.843. The van der Waals surface area contributed by atoms with Crippen LogP contribution in [-0.2, 0) is 28.1 Å². The molecule has 0 aromatic carbocycles. The molecule has 0 amide bonds. The molecule has 44 heavy (non-hydrogen) atoms. The minimum atomic E-state index is -1.92. The summed E-state index contributed by atoms with van der Waals surface area (Å²) in [5.41, 5.74) is 2.41. The van der Waals surface area contributed by atoms with Crippen LogP contribution < -0.4 is 0 Å². The second-order valence-electron chi connectivity index (χ2n) is 14.3. The zero-order valence-electron chi connectivity index (χ0n) is 28.1. The lowest BCUT2D eigenvalue weighted by Crippen LogP contribution is -2.58. The summed E-state index contributed by atoms with van der Waals surface area (Å²) in [6.07, 6.45) is 8.80. The van der Waals surface area contributed by atoms with Gasteiger partial charge in [0.1, 0.15) is 6.10 Å². The van der Waals surface area contributed by atoms with E-state index in [9.17, 15) is 5.11 Å². The topological polar surface area (TPSA) is 75.6 Å². The summed E-state index contributed by atoms with van der Waals surface area (Å²) < 4.78 is 40.3. The molecule has 0 aromatic heterocycles. The number of rotatable bonds is 14. The van der Waals surface area contributed by atoms with Crippen LogP contribution in [0.1, 0.15) is 98.8 Å². The molecule has 5 saturated heterocycles. The first-order valence-corrected chi connectivity index (χ1v) is 20.3. The maximum atomic E-state index is 11.1. The smallest absolute Gasteiger partial charge is 0.192 e. The molecule has 0 aromatic rings. The van der Waals surface area contributed by atoms with Crippen LogP contribution in [0.3, 0.4) is 0 Å². The van der Waals surface area contributed by atoms with E-state index in [4.69, 9.17) is 28.1 Å². The van der Waals surface area contributed by atoms with Crippen molar-refractivity contribution < 1.29 is 33.2 Å². The molecular formula is C36H60O7Si. The fourth-order valence-electron chi connectivity index (χ4n) is 8.53. The van der Waals surface area contributed by atoms with Crippen molar-refractivity contribution in [3.05, 3.63) is 37.0 Å². The van der Waals surface area contributed by atoms with Gasteiger partial charge < -0.3 is 33.2 Å². The second kappa shape index (κ2) is 14.5. The summed E-state index contributed by atoms with van der Waals surface area (Å²) in [6.45, 7) is 23.9. The van der Waals surface area contributed by atoms with Gasteiger partial charge in [0, 0.05) is 19.3 Å². The van der Waals surface area contributed by atoms with Gasteiger partial charge in [-0.05, 0) is 80.1 Å². The molecule has 5 fully saturated rings. The van der Waals surface area contributed by atoms with Gasteiger partial charge >= 0.3 is 0 Å². The molecule has 1 N–H and O–H groups in total. The number of aliphatic hydroxyl groups excluding tert-OH is 1. The zero-order valence-corrected chi connectivity index (χ0v) is 29.1. The first-order valence-electron chi connectivity index (χ1n) is 17.7. The Morgan fingerprint density at radius 2 is 1.66 bits per heavy atom. The summed E-state index contributed by atoms with van der Waals surface area (Å²) in [5, 5.41) is 11.1. The minimum absolute atomic E-state index is 0.0553. The Morgan fingerprint density at radius 1 is 0.932 bits per heavy atom. The Balaban J connectivity index is 1.22. The van der Waals surface area contributed by atoms with Gasteiger partial charge in [-0.15, -0.1) is 6.58 Å². The van der Waals surface area contributed by atoms with Crippen LogP contribution in [0.2, 0.25) is 18.1 Å². The third-order valence-electron chi connectivity index (χ3n) is 11.5. The van der Waals surface area contributed by atoms with Crippen LogP contribution in [0.25, 0.3) is 0 Å². The van der Waals surface area contributed by atoms with Crippen LogP contribution in [-0.4, -0.2) is 80.3 Å². The molecule has 7 nitrogen and oxygen atoms in total. The lowest BCUT2D eigenvalue weighted by atomic mass is 9.86. The summed E-state index contributed by atoms with van der Waals surface area (Å²) in [7, 11) is -1.92. The van der Waals surface area contributed by atoms with Gasteiger partial charge in [-0.3, -0.25) is 0 Å². The zero-order chi connectivity index (χ0) is 31.6. The van der Waals surface area contributed by atoms with Crippen molar-refractivity contribution in [2.45, 2.75) is 184 Å². The number of hydrogen-bond donors (Lipinski definition) is 1. The van der Waals surface area contributed by atoms with Crippen LogP contribution in [0, 0.1) is 5.92 Å². The molecule has 4 bridgehead atoms. The molecule has 0 radical (unpaired) electrons. The fraction of sp³-hybridized carbons (Fsp3) is 0.833. The molecule has 5 aliphatic heterocycles. The van der Waals surface area contributed by atoms with Crippen LogP contribution >= 0.6 is 0 Å². The van der Waals surface area contributed by atoms with Crippen LogP contribution in [0.4, 0.5) is 0 Å². The minimum Gasteiger partial charge on any atom is -0.409 e. The van der Waals surface area contributed by atoms with Crippen molar-refractivity contribution in [3.8, 4) is 0 Å². The SMILES string of the molecule is C=CC[C@@H]1O[C@@H]2CC(O[C@@]3(CCC4CC(=C)[C@H](CCC5CC(C)C(=C)C(CC)O5)O4)CC(O)C2O3)C1O[Si](CC)(CC)CC. The maximum Gasteiger partial charge on any atom is 0.192 e. The van der Waals surface area contributed by atoms with Gasteiger partial charge in [-0.2, -0.15) is 0 Å². The van der Waals surface area contributed by atoms with E-state index < -0.39 is 26.3 Å². The number of fused-ring (bicyclic) bond motifs is 5. The molecule has 5 rings (SSSR count). The fourth-order valence-corrected chi connectivity index (χ4v) is 11.4. The normalized spacial score (nSPS) is 42.5. The number of hydrogen-bond acceptors (Lipinski definition) is 7. The van der Waals surface area contributed by atoms with E-state index in [0.717, 1.165) is 56.7 Å². The van der Waals surface area contributed by atoms with Crippen molar-refractivity contribution in [2.24, 2.45) is 5.92 Å². The van der Waals surface area contributed by atoms with E-state index in [1.165, 1.54) is 11.1 Å². The van der Waals surface area contributed by atoms with Gasteiger partial charge in [-0.25, -0.2) is 0 Å². The molecule has 5 aliphatic rings. The van der Waals surface area contributed by atoms with Crippen molar-refractivity contribution in [3.63, 3.8) is 0 Å². The highest BCUT2D eigenvalue weighted by Crippen LogP contribution is 2.48. The van der Waals surface area contributed by atoms with E-state index in [1.54, 1.807) is 0 Å². The Labute approximate surface area is 267 Å². The highest BCUT2D eigenvalue weighted by Gasteiger charge is 2.59. The van der Waals surface area contributed by atoms with E-state index in [1.807, 2.05) is 6.08 Å². The first-order chi connectivity index (χ1) is 21.1. The van der Waals surface area contributed by atoms with Crippen molar-refractivity contribution in [1.82, 2.24) is 0 Å². The van der Waals surface area contributed by atoms with Gasteiger partial charge in [0.05, 0.1) is 54.9 Å². The standard InChI is InChI=1S/C36H60O7Si/c1-9-14-31-35(43-44(11-3,12-4)13-5)33-21-32(40-31)34-28(37)22-36(41-33,42-34)18-17-27-20-24(7)30(39-27)16-15-26-19-23(6)25(8)29(10-2)38-26/h9,23,26-35,37H,1,7-8,10-22H2,2-6H3/t23?,26?,27?,28?,29?,30-,31-,32+,33?,34?,35?,36+/m0/s1. The summed E-state index contributed by atoms with van der Waals surface area (Å²) >= 11 is 0. The van der Waals surface area contributed by atoms with Gasteiger partial charge in [0.15, 0.2) is 14.1 Å². The van der Waals surface area contributed by atoms with Crippen molar-refractivity contribution in [1.29, 1.82) is 0 Å². The molecule has 8 heteroatoms. The quantitative estimate of drug-likeness (QED) is 0.158. The highest BCUT2D eigenvalue weighted by molar-refractivity contribution is 6.73. The van der Waals surface area contributed by atoms with E-state index in [2.05, 4.69) is 54.4 Å². The molecule has 5 heterocycles. The Bertz CT molecular complexity index is 1010. The molecule has 0 aliphatic carbocycles. The molecular weight excluding hydrogens is 572 g/mol. The Kier molecular flexibility index (Phi) is 11.4. The predicted molar refractivity (Wildman–Crippen MR) is 176 cm³/mol. The molecule has 12 atom stereocenters. The van der Waals surface area contributed by atoms with Crippen molar-refractivity contribution >= 4 is 8.32 Å². The molecule has 8 unspecified atom stereocenters. The average molecular weight is 633 g/mol. The molecule has 250 valence electrons. The van der Waals surface area contributed by atoms with E-state index in [0.29, 0.717) is 31.6 Å². The van der Waals surface area contributed by atoms with Crippen molar-refractivity contribution in [2.75, 3.05) is 0 Å². The monoisotopic (exact) mass is 632 g/mol. The number of ether oxygens (including phenoxy) is 5. The summed E-state index contributed by atoms with van der Waals surface area (Å²) in [4.78, 5) is 0. The lowest BCUT2D eigenvalue weighted by molar-refractivity contribution is -0.256. The lowest BCUT2D eigenvalue weighted by Gasteiger charge is -2.47. The van der Waals surface area contributed by atoms with Gasteiger partial charge in [-0.1, -0.05) is 53.9 Å². The van der Waals surface area contributed by atoms with E-state index in [-0.39, 0.29) is 48.8 Å². The molecule has 0 spiro atoms. The molecule has 0 saturated carbocycles. The number of aliphatic hydroxyl groups is 1. The first kappa shape index (κ1) is 34.5.